The predicted molar refractivity (Wildman–Crippen MR) is 32.6 cm³/mol. The van der Waals surface area contributed by atoms with Crippen LogP contribution in [-0.2, 0) is 10.4 Å². The fourth-order valence-corrected chi connectivity index (χ4v) is 0. The summed E-state index contributed by atoms with van der Waals surface area (Å²) >= 11 is 0. The molecule has 64 valence electrons. The molecule has 0 atom stereocenters. The molecule has 0 aromatic carbocycles. The zero-order valence-corrected chi connectivity index (χ0v) is 7.65. The van der Waals surface area contributed by atoms with Crippen molar-refractivity contribution in [1.29, 1.82) is 0 Å². The summed E-state index contributed by atoms with van der Waals surface area (Å²) in [4.78, 5) is 8.25. The Hall–Kier alpha value is -0.204. The summed E-state index contributed by atoms with van der Waals surface area (Å²) in [5.74, 6) is 0. The van der Waals surface area contributed by atoms with E-state index in [1.807, 2.05) is 0 Å². The van der Waals surface area contributed by atoms with Gasteiger partial charge in [-0.05, 0) is 0 Å². The molecule has 0 radical (unpaired) electrons. The Labute approximate surface area is 77.8 Å². The molecule has 0 spiro atoms. The minimum absolute atomic E-state index is 0. The van der Waals surface area contributed by atoms with Crippen LogP contribution in [0, 0.1) is 15.3 Å². The van der Waals surface area contributed by atoms with Crippen molar-refractivity contribution < 1.29 is 22.6 Å². The third-order valence-electron chi connectivity index (χ3n) is 0. The molecule has 0 fully saturated rings. The zero-order chi connectivity index (χ0) is 8.08. The van der Waals surface area contributed by atoms with Crippen molar-refractivity contribution in [3.8, 4) is 0 Å². The van der Waals surface area contributed by atoms with Gasteiger partial charge in [-0.3, -0.25) is 8.42 Å². The zero-order valence-electron chi connectivity index (χ0n) is 5.42. The molecule has 0 amide bonds. The van der Waals surface area contributed by atoms with Gasteiger partial charge in [-0.1, -0.05) is 0 Å². The predicted octanol–water partition coefficient (Wildman–Crippen LogP) is -1.58. The van der Waals surface area contributed by atoms with Gasteiger partial charge in [0.25, 0.3) is 0 Å². The van der Waals surface area contributed by atoms with Gasteiger partial charge in [-0.25, -0.2) is 0 Å². The number of hydrogen-bond donors (Lipinski definition) is 1. The first kappa shape index (κ1) is 22.4. The van der Waals surface area contributed by atoms with Crippen molar-refractivity contribution in [2.45, 2.75) is 0 Å². The van der Waals surface area contributed by atoms with E-state index in [9.17, 15) is 0 Å². The first-order valence-electron chi connectivity index (χ1n) is 1.21. The molecular weight excluding hydrogens is 196 g/mol. The molecule has 0 aromatic heterocycles. The molecule has 0 unspecified atom stereocenters. The average molecular weight is 200 g/mol. The molecule has 11 heavy (non-hydrogen) atoms. The topological polar surface area (TPSA) is 183 Å². The molecule has 0 heterocycles. The summed E-state index contributed by atoms with van der Waals surface area (Å²) in [5.41, 5.74) is 0. The summed E-state index contributed by atoms with van der Waals surface area (Å²) in [5, 5.41) is 14.8. The molecule has 0 bridgehead atoms. The molecule has 11 heteroatoms. The summed E-state index contributed by atoms with van der Waals surface area (Å²) < 4.78 is 34.1. The van der Waals surface area contributed by atoms with Crippen LogP contribution in [0.5, 0.6) is 0 Å². The smallest absolute Gasteiger partial charge is 0.759 e. The van der Waals surface area contributed by atoms with Crippen LogP contribution in [0.4, 0.5) is 0 Å². The SMILES string of the molecule is O=S(=O)([O-])[O-].O=[N+]([O-])[O-].[Mg+2].[NH4+]. The Kier molecular flexibility index (Phi) is 20.0. The molecule has 0 aromatic rings. The van der Waals surface area contributed by atoms with Crippen molar-refractivity contribution in [3.63, 3.8) is 0 Å². The van der Waals surface area contributed by atoms with Gasteiger partial charge < -0.3 is 30.6 Å². The van der Waals surface area contributed by atoms with Crippen LogP contribution in [-0.4, -0.2) is 45.7 Å². The average Bonchev–Trinajstić information content (AvgIpc) is 1.19. The molecular formula is H4MgN2O7S. The minimum atomic E-state index is -5.17. The quantitative estimate of drug-likeness (QED) is 0.161. The molecule has 0 rings (SSSR count). The van der Waals surface area contributed by atoms with Crippen LogP contribution in [0.2, 0.25) is 0 Å². The standard InChI is InChI=1S/Mg.NO3.H3N.H2O4S/c;2-1(3)4;;1-5(2,3)4/h;;1H3;(H2,1,2,3,4)/q+2;-1;;/p-1. The van der Waals surface area contributed by atoms with E-state index >= 15 is 0 Å². The number of nitrogens with zero attached hydrogens (tertiary/aromatic N) is 1. The van der Waals surface area contributed by atoms with E-state index < -0.39 is 15.5 Å². The van der Waals surface area contributed by atoms with Gasteiger partial charge in [0, 0.05) is 10.4 Å². The van der Waals surface area contributed by atoms with Gasteiger partial charge in [0.15, 0.2) is 0 Å². The van der Waals surface area contributed by atoms with Crippen molar-refractivity contribution in [3.05, 3.63) is 15.3 Å². The monoisotopic (exact) mass is 200 g/mol. The Bertz CT molecular complexity index is 159. The van der Waals surface area contributed by atoms with Crippen LogP contribution in [0.15, 0.2) is 0 Å². The molecule has 0 aliphatic heterocycles. The van der Waals surface area contributed by atoms with E-state index in [1.165, 1.54) is 0 Å². The largest absolute Gasteiger partial charge is 2.00 e. The molecule has 0 aliphatic carbocycles. The molecule has 0 saturated heterocycles. The van der Waals surface area contributed by atoms with E-state index in [0.29, 0.717) is 0 Å². The van der Waals surface area contributed by atoms with Gasteiger partial charge in [-0.15, -0.1) is 0 Å². The maximum Gasteiger partial charge on any atom is 2.00 e. The van der Waals surface area contributed by atoms with E-state index in [4.69, 9.17) is 32.8 Å². The Morgan fingerprint density at radius 3 is 1.09 bits per heavy atom. The summed E-state index contributed by atoms with van der Waals surface area (Å²) in [7, 11) is -5.17. The minimum Gasteiger partial charge on any atom is -0.759 e. The van der Waals surface area contributed by atoms with E-state index in [1.54, 1.807) is 0 Å². The summed E-state index contributed by atoms with van der Waals surface area (Å²) in [6, 6.07) is 0. The summed E-state index contributed by atoms with van der Waals surface area (Å²) in [6.45, 7) is 0. The first-order valence-corrected chi connectivity index (χ1v) is 2.55. The molecule has 9 nitrogen and oxygen atoms in total. The van der Waals surface area contributed by atoms with Crippen molar-refractivity contribution >= 4 is 33.5 Å². The third kappa shape index (κ3) is 14300. The second-order valence-electron chi connectivity index (χ2n) is 0.632. The van der Waals surface area contributed by atoms with Crippen LogP contribution >= 0.6 is 0 Å². The van der Waals surface area contributed by atoms with Crippen molar-refractivity contribution in [2.24, 2.45) is 0 Å². The van der Waals surface area contributed by atoms with Crippen molar-refractivity contribution in [2.75, 3.05) is 0 Å². The second kappa shape index (κ2) is 9.80. The van der Waals surface area contributed by atoms with Gasteiger partial charge >= 0.3 is 23.1 Å². The normalized spacial score (nSPS) is 7.45. The third-order valence-corrected chi connectivity index (χ3v) is 0. The Balaban J connectivity index is -0.0000000383. The van der Waals surface area contributed by atoms with E-state index in [0.717, 1.165) is 0 Å². The Morgan fingerprint density at radius 1 is 1.09 bits per heavy atom. The number of hydrogen-bond acceptors (Lipinski definition) is 7. The molecule has 4 N–H and O–H groups in total. The first-order chi connectivity index (χ1) is 3.73. The van der Waals surface area contributed by atoms with Crippen LogP contribution < -0.4 is 6.15 Å². The van der Waals surface area contributed by atoms with E-state index in [2.05, 4.69) is 0 Å². The fourth-order valence-electron chi connectivity index (χ4n) is 0. The van der Waals surface area contributed by atoms with Gasteiger partial charge in [0.1, 0.15) is 0 Å². The van der Waals surface area contributed by atoms with E-state index in [-0.39, 0.29) is 29.2 Å². The van der Waals surface area contributed by atoms with Gasteiger partial charge in [0.05, 0.1) is 5.09 Å². The molecule has 0 aliphatic rings. The maximum absolute atomic E-state index is 8.52. The maximum atomic E-state index is 8.52. The van der Waals surface area contributed by atoms with Gasteiger partial charge in [0.2, 0.25) is 0 Å². The van der Waals surface area contributed by atoms with Gasteiger partial charge in [-0.2, -0.15) is 0 Å². The van der Waals surface area contributed by atoms with Crippen molar-refractivity contribution in [1.82, 2.24) is 6.15 Å². The van der Waals surface area contributed by atoms with Crippen LogP contribution in [0.3, 0.4) is 0 Å². The number of quaternary nitrogens is 1. The fraction of sp³-hybridized carbons (Fsp3) is 0. The van der Waals surface area contributed by atoms with Crippen LogP contribution in [0.1, 0.15) is 0 Å². The Morgan fingerprint density at radius 2 is 1.09 bits per heavy atom. The summed E-state index contributed by atoms with van der Waals surface area (Å²) in [6.07, 6.45) is 0. The number of rotatable bonds is 0. The molecule has 0 saturated carbocycles. The second-order valence-corrected chi connectivity index (χ2v) is 1.45. The van der Waals surface area contributed by atoms with Crippen LogP contribution in [0.25, 0.3) is 0 Å².